The number of hydrogen-bond acceptors (Lipinski definition) is 3. The zero-order valence-corrected chi connectivity index (χ0v) is 27.4. The molecule has 0 bridgehead atoms. The second-order valence-electron chi connectivity index (χ2n) is 10.6. The summed E-state index contributed by atoms with van der Waals surface area (Å²) in [4.78, 5) is 0. The van der Waals surface area contributed by atoms with Gasteiger partial charge in [0.25, 0.3) is 0 Å². The molecule has 0 heterocycles. The van der Waals surface area contributed by atoms with Crippen LogP contribution in [0.4, 0.5) is 11.4 Å². The average molecular weight is 654 g/mol. The minimum absolute atomic E-state index is 0.431. The summed E-state index contributed by atoms with van der Waals surface area (Å²) in [6, 6.07) is 10.5. The van der Waals surface area contributed by atoms with Crippen molar-refractivity contribution in [3.05, 3.63) is 57.6 Å². The van der Waals surface area contributed by atoms with E-state index in [1.807, 2.05) is 0 Å². The summed E-state index contributed by atoms with van der Waals surface area (Å²) in [6.45, 7) is 25.0. The molecule has 0 aromatic heterocycles. The molecule has 0 saturated carbocycles. The molecule has 0 fully saturated rings. The molecular formula is C29H45Br2CoN3. The van der Waals surface area contributed by atoms with Crippen LogP contribution in [-0.4, -0.2) is 23.7 Å². The van der Waals surface area contributed by atoms with Gasteiger partial charge >= 0.3 is 28.1 Å². The molecule has 2 N–H and O–H groups in total. The standard InChI is InChI=1S/C29H45BrN3.BrH.Co/c1-18(2)24-13-22(9)14-25(19(3)4)28(24)31-11-12-33(30)17-32-29-26(20(5)6)15-23(10)16-27(29)21(7)8;;/h13-15,18-21,31-32H,11-12,17H2,1-10H3;1H;/q-1;;+2/p-1. The van der Waals surface area contributed by atoms with E-state index in [1.54, 1.807) is 0 Å². The van der Waals surface area contributed by atoms with E-state index in [0.29, 0.717) is 23.7 Å². The Balaban J connectivity index is 0.00000298. The molecule has 2 rings (SSSR count). The summed E-state index contributed by atoms with van der Waals surface area (Å²) in [7, 11) is 0. The second-order valence-corrected chi connectivity index (χ2v) is 11.6. The Kier molecular flexibility index (Phi) is 14.5. The molecule has 2 aromatic rings. The first-order chi connectivity index (χ1) is 16.4. The van der Waals surface area contributed by atoms with Gasteiger partial charge in [0.1, 0.15) is 0 Å². The van der Waals surface area contributed by atoms with E-state index in [2.05, 4.69) is 152 Å². The van der Waals surface area contributed by atoms with Crippen molar-refractivity contribution < 1.29 is 13.9 Å². The molecule has 0 saturated heterocycles. The van der Waals surface area contributed by atoms with Crippen LogP contribution in [0.3, 0.4) is 0 Å². The van der Waals surface area contributed by atoms with Crippen LogP contribution in [0, 0.1) is 19.9 Å². The third-order valence-electron chi connectivity index (χ3n) is 6.13. The van der Waals surface area contributed by atoms with Crippen LogP contribution < -0.4 is 10.6 Å². The number of nitrogens with zero attached hydrogens (tertiary/aromatic N) is 1. The maximum absolute atomic E-state index is 3.77. The van der Waals surface area contributed by atoms with Crippen LogP contribution in [0.5, 0.6) is 0 Å². The van der Waals surface area contributed by atoms with Gasteiger partial charge in [-0.05, 0) is 41.7 Å². The van der Waals surface area contributed by atoms with Crippen LogP contribution in [0.25, 0.3) is 0 Å². The van der Waals surface area contributed by atoms with E-state index >= 15 is 0 Å². The van der Waals surface area contributed by atoms with E-state index < -0.39 is 0 Å². The summed E-state index contributed by atoms with van der Waals surface area (Å²) in [6.07, 6.45) is 0. The molecule has 0 amide bonds. The van der Waals surface area contributed by atoms with E-state index in [1.165, 1.54) is 44.8 Å². The van der Waals surface area contributed by atoms with E-state index in [-0.39, 0.29) is 0 Å². The van der Waals surface area contributed by atoms with Gasteiger partial charge in [0.05, 0.1) is 6.67 Å². The van der Waals surface area contributed by atoms with Crippen LogP contribution in [-0.2, 0) is 13.9 Å². The van der Waals surface area contributed by atoms with Crippen molar-refractivity contribution >= 4 is 41.7 Å². The van der Waals surface area contributed by atoms with Crippen molar-refractivity contribution in [1.29, 1.82) is 0 Å². The molecule has 0 radical (unpaired) electrons. The number of aryl methyl sites for hydroxylation is 2. The number of nitrogens with one attached hydrogen (secondary N) is 2. The van der Waals surface area contributed by atoms with Crippen LogP contribution in [0.2, 0.25) is 0 Å². The molecular weight excluding hydrogens is 609 g/mol. The third kappa shape index (κ3) is 9.69. The van der Waals surface area contributed by atoms with Crippen molar-refractivity contribution in [2.45, 2.75) is 92.9 Å². The molecule has 0 aliphatic heterocycles. The van der Waals surface area contributed by atoms with Gasteiger partial charge < -0.3 is 10.6 Å². The van der Waals surface area contributed by atoms with E-state index in [4.69, 9.17) is 0 Å². The molecule has 6 heteroatoms. The number of hydrogen-bond donors (Lipinski definition) is 2. The monoisotopic (exact) mass is 652 g/mol. The summed E-state index contributed by atoms with van der Waals surface area (Å²) in [5, 5.41) is 7.47. The summed E-state index contributed by atoms with van der Waals surface area (Å²) < 4.78 is 2.17. The maximum atomic E-state index is 3.77. The predicted molar refractivity (Wildman–Crippen MR) is 159 cm³/mol. The van der Waals surface area contributed by atoms with Gasteiger partial charge in [0.15, 0.2) is 0 Å². The van der Waals surface area contributed by atoms with Crippen LogP contribution in [0.15, 0.2) is 18.2 Å². The molecule has 2 aromatic carbocycles. The molecule has 0 aliphatic rings. The van der Waals surface area contributed by atoms with E-state index in [9.17, 15) is 0 Å². The summed E-state index contributed by atoms with van der Waals surface area (Å²) in [5.41, 5.74) is 10.6. The molecule has 0 spiro atoms. The number of rotatable bonds is 11. The third-order valence-corrected chi connectivity index (χ3v) is 6.74. The van der Waals surface area contributed by atoms with Crippen LogP contribution in [0.1, 0.15) is 112 Å². The topological polar surface area (TPSA) is 27.3 Å². The van der Waals surface area contributed by atoms with Crippen molar-refractivity contribution in [3.63, 3.8) is 0 Å². The van der Waals surface area contributed by atoms with Crippen molar-refractivity contribution in [2.24, 2.45) is 0 Å². The molecule has 0 atom stereocenters. The fraction of sp³-hybridized carbons (Fsp3) is 0.586. The quantitative estimate of drug-likeness (QED) is 0.144. The average Bonchev–Trinajstić information content (AvgIpc) is 2.79. The van der Waals surface area contributed by atoms with Crippen molar-refractivity contribution in [3.8, 4) is 0 Å². The zero-order valence-electron chi connectivity index (χ0n) is 23.2. The van der Waals surface area contributed by atoms with Gasteiger partial charge in [0.2, 0.25) is 0 Å². The Bertz CT molecular complexity index is 868. The van der Waals surface area contributed by atoms with Crippen molar-refractivity contribution in [1.82, 2.24) is 3.93 Å². The first-order valence-electron chi connectivity index (χ1n) is 12.6. The van der Waals surface area contributed by atoms with Gasteiger partial charge in [-0.2, -0.15) is 17.7 Å². The Labute approximate surface area is 239 Å². The van der Waals surface area contributed by atoms with Gasteiger partial charge in [0, 0.05) is 34.9 Å². The first-order valence-corrected chi connectivity index (χ1v) is 15.9. The Morgan fingerprint density at radius 2 is 1.26 bits per heavy atom. The van der Waals surface area contributed by atoms with Gasteiger partial charge in [-0.15, -0.1) is 11.1 Å². The SMILES string of the molecule is Cc1[c-]c(C(C)C)c(NCN(Br)CCNc2c(C(C)C)cc(C)cc2C(C)C)c(C(C)C)c1.[Co+][Br]. The predicted octanol–water partition coefficient (Wildman–Crippen LogP) is 9.53. The summed E-state index contributed by atoms with van der Waals surface area (Å²) in [5.74, 6) is 1.89. The normalized spacial score (nSPS) is 11.5. The Morgan fingerprint density at radius 3 is 1.71 bits per heavy atom. The first kappa shape index (κ1) is 32.5. The van der Waals surface area contributed by atoms with E-state index in [0.717, 1.165) is 19.8 Å². The van der Waals surface area contributed by atoms with Gasteiger partial charge in [-0.1, -0.05) is 85.7 Å². The summed E-state index contributed by atoms with van der Waals surface area (Å²) >= 11 is 9.77. The van der Waals surface area contributed by atoms with Crippen molar-refractivity contribution in [2.75, 3.05) is 30.4 Å². The molecule has 35 heavy (non-hydrogen) atoms. The van der Waals surface area contributed by atoms with Gasteiger partial charge in [-0.3, -0.25) is 0 Å². The number of halogens is 2. The number of benzene rings is 2. The molecule has 0 aliphatic carbocycles. The molecule has 0 unspecified atom stereocenters. The fourth-order valence-corrected chi connectivity index (χ4v) is 4.66. The molecule has 199 valence electrons. The minimum atomic E-state index is 0.431. The Hall–Kier alpha value is -0.534. The van der Waals surface area contributed by atoms with Crippen LogP contribution >= 0.6 is 30.3 Å². The Morgan fingerprint density at radius 1 is 0.771 bits per heavy atom. The second kappa shape index (κ2) is 15.7. The zero-order chi connectivity index (χ0) is 26.9. The molecule has 3 nitrogen and oxygen atoms in total. The fourth-order valence-electron chi connectivity index (χ4n) is 4.36. The van der Waals surface area contributed by atoms with Gasteiger partial charge in [-0.25, -0.2) is 3.93 Å². The number of anilines is 2.